The number of carbonyl (C=O) groups excluding carboxylic acids is 2. The zero-order chi connectivity index (χ0) is 15.1. The van der Waals surface area contributed by atoms with Gasteiger partial charge in [-0.15, -0.1) is 6.58 Å². The molecule has 20 heavy (non-hydrogen) atoms. The third-order valence-electron chi connectivity index (χ3n) is 2.50. The minimum atomic E-state index is -0.718. The fourth-order valence-electron chi connectivity index (χ4n) is 1.45. The van der Waals surface area contributed by atoms with Gasteiger partial charge in [-0.3, -0.25) is 9.59 Å². The molecular weight excluding hydrogens is 326 g/mol. The van der Waals surface area contributed by atoms with Crippen LogP contribution < -0.4 is 14.8 Å². The van der Waals surface area contributed by atoms with E-state index in [0.29, 0.717) is 34.4 Å². The van der Waals surface area contributed by atoms with E-state index in [9.17, 15) is 9.59 Å². The van der Waals surface area contributed by atoms with E-state index >= 15 is 0 Å². The first kappa shape index (κ1) is 16.2. The molecule has 1 aromatic rings. The highest BCUT2D eigenvalue weighted by atomic mass is 79.9. The highest BCUT2D eigenvalue weighted by Crippen LogP contribution is 2.33. The maximum atomic E-state index is 11.7. The molecule has 0 saturated heterocycles. The molecule has 0 aliphatic carbocycles. The Hall–Kier alpha value is -1.82. The van der Waals surface area contributed by atoms with Crippen LogP contribution in [0.2, 0.25) is 0 Å². The molecule has 1 rings (SSSR count). The lowest BCUT2D eigenvalue weighted by molar-refractivity contribution is -0.127. The van der Waals surface area contributed by atoms with Crippen molar-refractivity contribution in [1.82, 2.24) is 5.32 Å². The molecule has 0 unspecified atom stereocenters. The van der Waals surface area contributed by atoms with Crippen molar-refractivity contribution in [3.8, 4) is 11.5 Å². The summed E-state index contributed by atoms with van der Waals surface area (Å²) >= 11 is 3.25. The normalized spacial score (nSPS) is 11.3. The van der Waals surface area contributed by atoms with E-state index in [2.05, 4.69) is 27.8 Å². The smallest absolute Gasteiger partial charge is 0.261 e. The van der Waals surface area contributed by atoms with Crippen LogP contribution >= 0.6 is 15.9 Å². The van der Waals surface area contributed by atoms with Gasteiger partial charge in [0.1, 0.15) is 0 Å². The predicted octanol–water partition coefficient (Wildman–Crippen LogP) is 2.34. The third-order valence-corrected chi connectivity index (χ3v) is 3.19. The van der Waals surface area contributed by atoms with E-state index in [-0.39, 0.29) is 5.91 Å². The first-order chi connectivity index (χ1) is 9.53. The number of hydrogen-bond donors (Lipinski definition) is 1. The topological polar surface area (TPSA) is 64.6 Å². The Bertz CT molecular complexity index is 516. The van der Waals surface area contributed by atoms with Gasteiger partial charge in [0.15, 0.2) is 23.9 Å². The molecule has 1 N–H and O–H groups in total. The van der Waals surface area contributed by atoms with Crippen molar-refractivity contribution in [2.24, 2.45) is 0 Å². The molecule has 1 atom stereocenters. The molecule has 0 spiro atoms. The summed E-state index contributed by atoms with van der Waals surface area (Å²) in [7, 11) is 1.48. The number of amides is 1. The summed E-state index contributed by atoms with van der Waals surface area (Å²) in [5, 5.41) is 2.63. The van der Waals surface area contributed by atoms with Crippen LogP contribution in [-0.2, 0) is 4.79 Å². The van der Waals surface area contributed by atoms with Crippen LogP contribution in [0.3, 0.4) is 0 Å². The lowest BCUT2D eigenvalue weighted by atomic mass is 10.2. The summed E-state index contributed by atoms with van der Waals surface area (Å²) < 4.78 is 11.3. The van der Waals surface area contributed by atoms with Gasteiger partial charge in [0.05, 0.1) is 7.11 Å². The Morgan fingerprint density at radius 3 is 2.75 bits per heavy atom. The Labute approximate surface area is 126 Å². The van der Waals surface area contributed by atoms with Crippen molar-refractivity contribution in [3.63, 3.8) is 0 Å². The van der Waals surface area contributed by atoms with Crippen LogP contribution in [0.4, 0.5) is 0 Å². The second kappa shape index (κ2) is 7.69. The summed E-state index contributed by atoms with van der Waals surface area (Å²) in [6.07, 6.45) is 1.55. The molecule has 108 valence electrons. The number of halogens is 1. The van der Waals surface area contributed by atoms with Gasteiger partial charge >= 0.3 is 0 Å². The van der Waals surface area contributed by atoms with Crippen LogP contribution in [0.25, 0.3) is 0 Å². The monoisotopic (exact) mass is 341 g/mol. The number of hydrogen-bond acceptors (Lipinski definition) is 4. The standard InChI is InChI=1S/C14H16BrNO4/c1-4-5-16-14(18)9(2)20-13-6-10(8-17)11(15)7-12(13)19-3/h4,6-9H,1,5H2,2-3H3,(H,16,18)/t9-/m0/s1. The molecule has 0 radical (unpaired) electrons. The SMILES string of the molecule is C=CCNC(=O)[C@H](C)Oc1cc(C=O)c(Br)cc1OC. The summed E-state index contributed by atoms with van der Waals surface area (Å²) in [6.45, 7) is 5.49. The van der Waals surface area contributed by atoms with Crippen LogP contribution in [0.15, 0.2) is 29.3 Å². The van der Waals surface area contributed by atoms with Gasteiger partial charge in [0.2, 0.25) is 0 Å². The summed E-state index contributed by atoms with van der Waals surface area (Å²) in [5.74, 6) is 0.493. The van der Waals surface area contributed by atoms with Crippen molar-refractivity contribution in [2.45, 2.75) is 13.0 Å². The first-order valence-corrected chi connectivity index (χ1v) is 6.70. The first-order valence-electron chi connectivity index (χ1n) is 5.91. The van der Waals surface area contributed by atoms with E-state index in [1.165, 1.54) is 13.2 Å². The highest BCUT2D eigenvalue weighted by Gasteiger charge is 2.17. The fraction of sp³-hybridized carbons (Fsp3) is 0.286. The average Bonchev–Trinajstić information content (AvgIpc) is 2.45. The fourth-order valence-corrected chi connectivity index (χ4v) is 1.87. The molecular formula is C14H16BrNO4. The maximum absolute atomic E-state index is 11.7. The van der Waals surface area contributed by atoms with Crippen LogP contribution in [0.1, 0.15) is 17.3 Å². The number of nitrogens with one attached hydrogen (secondary N) is 1. The number of aldehydes is 1. The van der Waals surface area contributed by atoms with Crippen molar-refractivity contribution >= 4 is 28.1 Å². The van der Waals surface area contributed by atoms with Gasteiger partial charge < -0.3 is 14.8 Å². The van der Waals surface area contributed by atoms with Gasteiger partial charge in [0.25, 0.3) is 5.91 Å². The summed E-state index contributed by atoms with van der Waals surface area (Å²) in [5.41, 5.74) is 0.416. The highest BCUT2D eigenvalue weighted by molar-refractivity contribution is 9.10. The lowest BCUT2D eigenvalue weighted by Gasteiger charge is -2.17. The second-order valence-electron chi connectivity index (χ2n) is 3.94. The second-order valence-corrected chi connectivity index (χ2v) is 4.79. The molecule has 5 nitrogen and oxygen atoms in total. The zero-order valence-electron chi connectivity index (χ0n) is 11.3. The molecule has 0 saturated carbocycles. The van der Waals surface area contributed by atoms with E-state index in [1.807, 2.05) is 0 Å². The van der Waals surface area contributed by atoms with Crippen LogP contribution in [0, 0.1) is 0 Å². The number of benzene rings is 1. The number of ether oxygens (including phenoxy) is 2. The van der Waals surface area contributed by atoms with Gasteiger partial charge in [-0.1, -0.05) is 6.08 Å². The van der Waals surface area contributed by atoms with Crippen molar-refractivity contribution in [1.29, 1.82) is 0 Å². The van der Waals surface area contributed by atoms with Crippen LogP contribution in [-0.4, -0.2) is 32.0 Å². The van der Waals surface area contributed by atoms with Gasteiger partial charge in [0, 0.05) is 16.6 Å². The van der Waals surface area contributed by atoms with Gasteiger partial charge in [-0.2, -0.15) is 0 Å². The van der Waals surface area contributed by atoms with Gasteiger partial charge in [-0.25, -0.2) is 0 Å². The van der Waals surface area contributed by atoms with E-state index in [4.69, 9.17) is 9.47 Å². The molecule has 0 aliphatic rings. The quantitative estimate of drug-likeness (QED) is 0.610. The van der Waals surface area contributed by atoms with E-state index < -0.39 is 6.10 Å². The number of methoxy groups -OCH3 is 1. The Balaban J connectivity index is 2.92. The molecule has 0 aliphatic heterocycles. The van der Waals surface area contributed by atoms with E-state index in [1.54, 1.807) is 19.1 Å². The van der Waals surface area contributed by atoms with Crippen molar-refractivity contribution in [3.05, 3.63) is 34.8 Å². The molecule has 1 aromatic carbocycles. The minimum absolute atomic E-state index is 0.275. The third kappa shape index (κ3) is 4.09. The summed E-state index contributed by atoms with van der Waals surface area (Å²) in [6, 6.07) is 3.14. The lowest BCUT2D eigenvalue weighted by Crippen LogP contribution is -2.36. The van der Waals surface area contributed by atoms with Crippen molar-refractivity contribution in [2.75, 3.05) is 13.7 Å². The Morgan fingerprint density at radius 2 is 2.20 bits per heavy atom. The van der Waals surface area contributed by atoms with E-state index in [0.717, 1.165) is 0 Å². The average molecular weight is 342 g/mol. The Kier molecular flexibility index (Phi) is 6.24. The zero-order valence-corrected chi connectivity index (χ0v) is 12.9. The number of carbonyl (C=O) groups is 2. The van der Waals surface area contributed by atoms with Crippen molar-refractivity contribution < 1.29 is 19.1 Å². The molecule has 1 amide bonds. The summed E-state index contributed by atoms with van der Waals surface area (Å²) in [4.78, 5) is 22.6. The Morgan fingerprint density at radius 1 is 1.50 bits per heavy atom. The largest absolute Gasteiger partial charge is 0.493 e. The molecule has 0 fully saturated rings. The van der Waals surface area contributed by atoms with Gasteiger partial charge in [-0.05, 0) is 35.0 Å². The van der Waals surface area contributed by atoms with Crippen LogP contribution in [0.5, 0.6) is 11.5 Å². The predicted molar refractivity (Wildman–Crippen MR) is 79.4 cm³/mol. The molecule has 0 aromatic heterocycles. The molecule has 6 heteroatoms. The number of rotatable bonds is 7. The minimum Gasteiger partial charge on any atom is -0.493 e. The molecule has 0 bridgehead atoms. The molecule has 0 heterocycles. The maximum Gasteiger partial charge on any atom is 0.261 e.